The highest BCUT2D eigenvalue weighted by Gasteiger charge is 2.08. The smallest absolute Gasteiger partial charge is 0.302 e. The van der Waals surface area contributed by atoms with E-state index in [1.165, 1.54) is 13.0 Å². The van der Waals surface area contributed by atoms with Crippen molar-refractivity contribution in [2.45, 2.75) is 18.7 Å². The standard InChI is InChI=1S/C12H14O4S/c1-10-4-6-12(7-5-10)17(14,15)9-3-8-16-11(2)13/h3-7,9H,8H2,1-2H3/b9-3+. The molecule has 1 aromatic carbocycles. The first-order chi connectivity index (χ1) is 7.92. The first-order valence-electron chi connectivity index (χ1n) is 5.03. The molecule has 0 unspecified atom stereocenters. The molecule has 0 bridgehead atoms. The topological polar surface area (TPSA) is 60.4 Å². The lowest BCUT2D eigenvalue weighted by Crippen LogP contribution is -2.00. The van der Waals surface area contributed by atoms with Crippen LogP contribution in [-0.4, -0.2) is 21.0 Å². The maximum atomic E-state index is 11.8. The molecule has 0 spiro atoms. The van der Waals surface area contributed by atoms with Crippen LogP contribution < -0.4 is 0 Å². The van der Waals surface area contributed by atoms with Crippen molar-refractivity contribution in [3.8, 4) is 0 Å². The minimum absolute atomic E-state index is 0.0412. The number of hydrogen-bond acceptors (Lipinski definition) is 4. The zero-order valence-electron chi connectivity index (χ0n) is 9.71. The van der Waals surface area contributed by atoms with Gasteiger partial charge in [0, 0.05) is 12.3 Å². The predicted molar refractivity (Wildman–Crippen MR) is 64.1 cm³/mol. The molecular formula is C12H14O4S. The highest BCUT2D eigenvalue weighted by atomic mass is 32.2. The molecule has 0 saturated heterocycles. The van der Waals surface area contributed by atoms with E-state index in [0.29, 0.717) is 0 Å². The molecule has 0 saturated carbocycles. The molecule has 1 aromatic rings. The van der Waals surface area contributed by atoms with Gasteiger partial charge in [0.05, 0.1) is 4.90 Å². The number of hydrogen-bond donors (Lipinski definition) is 0. The summed E-state index contributed by atoms with van der Waals surface area (Å²) in [5.41, 5.74) is 0.993. The molecule has 0 N–H and O–H groups in total. The Hall–Kier alpha value is -1.62. The summed E-state index contributed by atoms with van der Waals surface area (Å²) in [5, 5.41) is 1.04. The van der Waals surface area contributed by atoms with Crippen molar-refractivity contribution in [3.63, 3.8) is 0 Å². The van der Waals surface area contributed by atoms with Crippen molar-refractivity contribution in [3.05, 3.63) is 41.3 Å². The van der Waals surface area contributed by atoms with Gasteiger partial charge in [-0.15, -0.1) is 0 Å². The Kier molecular flexibility index (Phi) is 4.45. The molecule has 92 valence electrons. The van der Waals surface area contributed by atoms with Crippen molar-refractivity contribution in [1.82, 2.24) is 0 Å². The summed E-state index contributed by atoms with van der Waals surface area (Å²) in [6.07, 6.45) is 1.30. The highest BCUT2D eigenvalue weighted by molar-refractivity contribution is 7.94. The third-order valence-electron chi connectivity index (χ3n) is 2.01. The zero-order valence-corrected chi connectivity index (χ0v) is 10.5. The van der Waals surface area contributed by atoms with Gasteiger partial charge in [-0.3, -0.25) is 4.79 Å². The fourth-order valence-electron chi connectivity index (χ4n) is 1.14. The van der Waals surface area contributed by atoms with Gasteiger partial charge in [0.15, 0.2) is 9.84 Å². The molecule has 0 amide bonds. The van der Waals surface area contributed by atoms with Crippen LogP contribution in [0.3, 0.4) is 0 Å². The van der Waals surface area contributed by atoms with Crippen LogP contribution >= 0.6 is 0 Å². The summed E-state index contributed by atoms with van der Waals surface area (Å²) in [6.45, 7) is 3.11. The quantitative estimate of drug-likeness (QED) is 0.769. The Morgan fingerprint density at radius 3 is 2.41 bits per heavy atom. The molecular weight excluding hydrogens is 240 g/mol. The maximum Gasteiger partial charge on any atom is 0.302 e. The molecule has 0 aromatic heterocycles. The minimum Gasteiger partial charge on any atom is -0.462 e. The number of benzene rings is 1. The van der Waals surface area contributed by atoms with Crippen LogP contribution in [0, 0.1) is 6.92 Å². The monoisotopic (exact) mass is 254 g/mol. The van der Waals surface area contributed by atoms with Crippen LogP contribution in [0.15, 0.2) is 40.6 Å². The van der Waals surface area contributed by atoms with Crippen molar-refractivity contribution in [2.24, 2.45) is 0 Å². The number of ether oxygens (including phenoxy) is 1. The first-order valence-corrected chi connectivity index (χ1v) is 6.58. The van der Waals surface area contributed by atoms with Gasteiger partial charge in [-0.1, -0.05) is 17.7 Å². The summed E-state index contributed by atoms with van der Waals surface area (Å²) >= 11 is 0. The Morgan fingerprint density at radius 1 is 1.29 bits per heavy atom. The van der Waals surface area contributed by atoms with E-state index in [4.69, 9.17) is 0 Å². The van der Waals surface area contributed by atoms with Crippen LogP contribution in [-0.2, 0) is 19.4 Å². The normalized spacial score (nSPS) is 11.6. The number of aryl methyl sites for hydroxylation is 1. The lowest BCUT2D eigenvalue weighted by molar-refractivity contribution is -0.139. The van der Waals surface area contributed by atoms with Gasteiger partial charge in [0.1, 0.15) is 6.61 Å². The van der Waals surface area contributed by atoms with E-state index in [9.17, 15) is 13.2 Å². The minimum atomic E-state index is -3.45. The van der Waals surface area contributed by atoms with Crippen molar-refractivity contribution >= 4 is 15.8 Å². The van der Waals surface area contributed by atoms with E-state index in [-0.39, 0.29) is 11.5 Å². The van der Waals surface area contributed by atoms with Crippen LogP contribution in [0.1, 0.15) is 12.5 Å². The first kappa shape index (κ1) is 13.4. The average Bonchev–Trinajstić information content (AvgIpc) is 2.25. The molecule has 17 heavy (non-hydrogen) atoms. The molecule has 0 aliphatic rings. The van der Waals surface area contributed by atoms with E-state index < -0.39 is 15.8 Å². The molecule has 1 rings (SSSR count). The Balaban J connectivity index is 2.75. The molecule has 0 radical (unpaired) electrons. The number of sulfone groups is 1. The van der Waals surface area contributed by atoms with Gasteiger partial charge in [0.25, 0.3) is 0 Å². The third-order valence-corrected chi connectivity index (χ3v) is 3.49. The molecule has 0 aliphatic carbocycles. The van der Waals surface area contributed by atoms with Crippen molar-refractivity contribution in [1.29, 1.82) is 0 Å². The van der Waals surface area contributed by atoms with Crippen LogP contribution in [0.5, 0.6) is 0 Å². The molecule has 0 atom stereocenters. The van der Waals surface area contributed by atoms with E-state index in [0.717, 1.165) is 11.0 Å². The number of rotatable bonds is 4. The Bertz CT molecular complexity index is 512. The molecule has 4 nitrogen and oxygen atoms in total. The summed E-state index contributed by atoms with van der Waals surface area (Å²) in [5.74, 6) is -0.442. The van der Waals surface area contributed by atoms with Gasteiger partial charge < -0.3 is 4.74 Å². The number of esters is 1. The second-order valence-electron chi connectivity index (χ2n) is 3.53. The lowest BCUT2D eigenvalue weighted by Gasteiger charge is -2.00. The largest absolute Gasteiger partial charge is 0.462 e. The zero-order chi connectivity index (χ0) is 12.9. The fourth-order valence-corrected chi connectivity index (χ4v) is 2.14. The van der Waals surface area contributed by atoms with E-state index in [1.807, 2.05) is 6.92 Å². The molecule has 0 fully saturated rings. The Labute approximate surface area is 101 Å². The summed E-state index contributed by atoms with van der Waals surface area (Å²) in [6, 6.07) is 6.54. The van der Waals surface area contributed by atoms with Crippen LogP contribution in [0.2, 0.25) is 0 Å². The van der Waals surface area contributed by atoms with Gasteiger partial charge in [-0.25, -0.2) is 8.42 Å². The average molecular weight is 254 g/mol. The van der Waals surface area contributed by atoms with Crippen LogP contribution in [0.4, 0.5) is 0 Å². The molecule has 0 heterocycles. The third kappa shape index (κ3) is 4.40. The number of carbonyl (C=O) groups excluding carboxylic acids is 1. The van der Waals surface area contributed by atoms with Gasteiger partial charge in [0.2, 0.25) is 0 Å². The SMILES string of the molecule is CC(=O)OC/C=C/S(=O)(=O)c1ccc(C)cc1. The van der Waals surface area contributed by atoms with Crippen molar-refractivity contribution in [2.75, 3.05) is 6.61 Å². The Morgan fingerprint density at radius 2 is 1.88 bits per heavy atom. The van der Waals surface area contributed by atoms with Crippen molar-refractivity contribution < 1.29 is 17.9 Å². The highest BCUT2D eigenvalue weighted by Crippen LogP contribution is 2.12. The van der Waals surface area contributed by atoms with Gasteiger partial charge in [-0.05, 0) is 25.1 Å². The molecule has 5 heteroatoms. The van der Waals surface area contributed by atoms with Crippen LogP contribution in [0.25, 0.3) is 0 Å². The lowest BCUT2D eigenvalue weighted by atomic mass is 10.2. The number of carbonyl (C=O) groups is 1. The predicted octanol–water partition coefficient (Wildman–Crippen LogP) is 1.85. The fraction of sp³-hybridized carbons (Fsp3) is 0.250. The maximum absolute atomic E-state index is 11.8. The van der Waals surface area contributed by atoms with E-state index in [1.54, 1.807) is 24.3 Å². The summed E-state index contributed by atoms with van der Waals surface area (Å²) in [7, 11) is -3.45. The molecule has 0 aliphatic heterocycles. The van der Waals surface area contributed by atoms with E-state index >= 15 is 0 Å². The summed E-state index contributed by atoms with van der Waals surface area (Å²) in [4.78, 5) is 10.7. The second-order valence-corrected chi connectivity index (χ2v) is 5.37. The van der Waals surface area contributed by atoms with Gasteiger partial charge >= 0.3 is 5.97 Å². The second kappa shape index (κ2) is 5.63. The van der Waals surface area contributed by atoms with Gasteiger partial charge in [-0.2, -0.15) is 0 Å². The summed E-state index contributed by atoms with van der Waals surface area (Å²) < 4.78 is 28.1. The van der Waals surface area contributed by atoms with E-state index in [2.05, 4.69) is 4.74 Å².